The first-order chi connectivity index (χ1) is 9.12. The average molecular weight is 310 g/mol. The Labute approximate surface area is 124 Å². The van der Waals surface area contributed by atoms with E-state index in [0.717, 1.165) is 25.7 Å². The molecule has 3 nitrogen and oxygen atoms in total. The van der Waals surface area contributed by atoms with Crippen molar-refractivity contribution in [1.82, 2.24) is 0 Å². The van der Waals surface area contributed by atoms with Crippen molar-refractivity contribution in [3.8, 4) is 0 Å². The number of hydrogen-bond acceptors (Lipinski definition) is 3. The fourth-order valence-corrected chi connectivity index (χ4v) is 3.05. The molecule has 0 spiro atoms. The van der Waals surface area contributed by atoms with Crippen LogP contribution in [0.4, 0.5) is 0 Å². The second kappa shape index (κ2) is 13.5. The fraction of sp³-hybridized carbons (Fsp3) is 1.00. The van der Waals surface area contributed by atoms with Crippen LogP contribution in [0.3, 0.4) is 0 Å². The maximum Gasteiger partial charge on any atom is 0.324 e. The van der Waals surface area contributed by atoms with Crippen molar-refractivity contribution in [1.29, 1.82) is 0 Å². The Morgan fingerprint density at radius 1 is 0.737 bits per heavy atom. The maximum atomic E-state index is 9.80. The Morgan fingerprint density at radius 3 is 1.47 bits per heavy atom. The minimum atomic E-state index is -2.97. The summed E-state index contributed by atoms with van der Waals surface area (Å²) >= 11 is 4.97. The predicted octanol–water partition coefficient (Wildman–Crippen LogP) is 5.18. The summed E-state index contributed by atoms with van der Waals surface area (Å²) < 4.78 is 10.6. The van der Waals surface area contributed by atoms with E-state index in [1.54, 1.807) is 0 Å². The zero-order valence-electron chi connectivity index (χ0n) is 12.6. The van der Waals surface area contributed by atoms with Gasteiger partial charge >= 0.3 is 6.72 Å². The second-order valence-corrected chi connectivity index (χ2v) is 7.80. The first kappa shape index (κ1) is 19.5. The molecular formula is C14H31O3PS. The van der Waals surface area contributed by atoms with Crippen molar-refractivity contribution in [2.24, 2.45) is 0 Å². The van der Waals surface area contributed by atoms with Crippen LogP contribution in [0.1, 0.15) is 78.1 Å². The lowest BCUT2D eigenvalue weighted by atomic mass is 10.2. The first-order valence-corrected chi connectivity index (χ1v) is 10.3. The lowest BCUT2D eigenvalue weighted by molar-refractivity contribution is 0.190. The van der Waals surface area contributed by atoms with E-state index in [2.05, 4.69) is 13.8 Å². The van der Waals surface area contributed by atoms with Crippen molar-refractivity contribution in [2.75, 3.05) is 13.2 Å². The van der Waals surface area contributed by atoms with E-state index in [9.17, 15) is 4.89 Å². The minimum absolute atomic E-state index is 0.521. The lowest BCUT2D eigenvalue weighted by Crippen LogP contribution is -1.98. The second-order valence-electron chi connectivity index (χ2n) is 4.96. The SMILES string of the molecule is CCCCCCCOP(O)(=S)OCCCCCCC. The summed E-state index contributed by atoms with van der Waals surface area (Å²) in [6, 6.07) is 0. The average Bonchev–Trinajstić information content (AvgIpc) is 2.38. The van der Waals surface area contributed by atoms with Crippen LogP contribution in [0.5, 0.6) is 0 Å². The fourth-order valence-electron chi connectivity index (χ4n) is 1.81. The van der Waals surface area contributed by atoms with Gasteiger partial charge in [-0.15, -0.1) is 0 Å². The summed E-state index contributed by atoms with van der Waals surface area (Å²) in [5, 5.41) is 0. The highest BCUT2D eigenvalue weighted by Gasteiger charge is 2.13. The van der Waals surface area contributed by atoms with Gasteiger partial charge in [0.25, 0.3) is 0 Å². The molecule has 0 fully saturated rings. The smallest absolute Gasteiger partial charge is 0.324 e. The molecule has 0 rings (SSSR count). The van der Waals surface area contributed by atoms with Crippen molar-refractivity contribution in [2.45, 2.75) is 78.1 Å². The summed E-state index contributed by atoms with van der Waals surface area (Å²) in [6.45, 7) is 2.46. The summed E-state index contributed by atoms with van der Waals surface area (Å²) in [4.78, 5) is 9.80. The molecule has 0 radical (unpaired) electrons. The van der Waals surface area contributed by atoms with Crippen LogP contribution in [0, 0.1) is 0 Å². The molecule has 0 atom stereocenters. The standard InChI is InChI=1S/C14H31O3PS/c1-3-5-7-9-11-13-16-18(15,19)17-14-12-10-8-6-4-2/h3-14H2,1-2H3,(H,15,19). The molecule has 0 bridgehead atoms. The van der Waals surface area contributed by atoms with Crippen molar-refractivity contribution in [3.05, 3.63) is 0 Å². The largest absolute Gasteiger partial charge is 0.324 e. The molecule has 0 amide bonds. The van der Waals surface area contributed by atoms with Gasteiger partial charge in [-0.2, -0.15) is 0 Å². The predicted molar refractivity (Wildman–Crippen MR) is 85.9 cm³/mol. The molecule has 0 aromatic carbocycles. The van der Waals surface area contributed by atoms with Crippen LogP contribution in [0.25, 0.3) is 0 Å². The molecule has 116 valence electrons. The zero-order chi connectivity index (χ0) is 14.4. The van der Waals surface area contributed by atoms with Gasteiger partial charge in [-0.3, -0.25) is 0 Å². The van der Waals surface area contributed by atoms with Crippen LogP contribution in [-0.2, 0) is 20.9 Å². The van der Waals surface area contributed by atoms with Crippen LogP contribution in [0.2, 0.25) is 0 Å². The first-order valence-electron chi connectivity index (χ1n) is 7.74. The van der Waals surface area contributed by atoms with Gasteiger partial charge in [-0.25, -0.2) is 0 Å². The summed E-state index contributed by atoms with van der Waals surface area (Å²) in [7, 11) is 0. The van der Waals surface area contributed by atoms with Crippen molar-refractivity contribution >= 4 is 18.5 Å². The molecule has 0 aliphatic carbocycles. The lowest BCUT2D eigenvalue weighted by Gasteiger charge is -2.15. The normalized spacial score (nSPS) is 11.9. The van der Waals surface area contributed by atoms with E-state index in [1.165, 1.54) is 38.5 Å². The summed E-state index contributed by atoms with van der Waals surface area (Å²) in [5.41, 5.74) is 0. The van der Waals surface area contributed by atoms with E-state index in [0.29, 0.717) is 13.2 Å². The molecule has 0 saturated carbocycles. The van der Waals surface area contributed by atoms with E-state index in [-0.39, 0.29) is 0 Å². The third-order valence-electron chi connectivity index (χ3n) is 3.00. The quantitative estimate of drug-likeness (QED) is 0.354. The topological polar surface area (TPSA) is 38.7 Å². The van der Waals surface area contributed by atoms with Gasteiger partial charge in [-0.05, 0) is 24.6 Å². The van der Waals surface area contributed by atoms with Gasteiger partial charge in [-0.1, -0.05) is 65.2 Å². The van der Waals surface area contributed by atoms with Gasteiger partial charge in [0.2, 0.25) is 0 Å². The third-order valence-corrected chi connectivity index (χ3v) is 4.65. The highest BCUT2D eigenvalue weighted by Crippen LogP contribution is 2.43. The Morgan fingerprint density at radius 2 is 1.11 bits per heavy atom. The highest BCUT2D eigenvalue weighted by atomic mass is 32.5. The van der Waals surface area contributed by atoms with E-state index < -0.39 is 6.72 Å². The Balaban J connectivity index is 3.39. The highest BCUT2D eigenvalue weighted by molar-refractivity contribution is 8.07. The molecule has 0 aromatic heterocycles. The van der Waals surface area contributed by atoms with Crippen LogP contribution in [0.15, 0.2) is 0 Å². The van der Waals surface area contributed by atoms with Crippen molar-refractivity contribution < 1.29 is 13.9 Å². The minimum Gasteiger partial charge on any atom is -0.324 e. The number of rotatable bonds is 14. The monoisotopic (exact) mass is 310 g/mol. The number of unbranched alkanes of at least 4 members (excludes halogenated alkanes) is 8. The van der Waals surface area contributed by atoms with E-state index in [1.807, 2.05) is 0 Å². The molecule has 0 aliphatic rings. The van der Waals surface area contributed by atoms with Gasteiger partial charge in [0.1, 0.15) is 0 Å². The molecule has 19 heavy (non-hydrogen) atoms. The molecular weight excluding hydrogens is 279 g/mol. The molecule has 0 aliphatic heterocycles. The number of hydrogen-bond donors (Lipinski definition) is 1. The molecule has 0 aromatic rings. The maximum absolute atomic E-state index is 9.80. The molecule has 0 saturated heterocycles. The molecule has 0 heterocycles. The summed E-state index contributed by atoms with van der Waals surface area (Å²) in [6.07, 6.45) is 11.7. The van der Waals surface area contributed by atoms with E-state index in [4.69, 9.17) is 20.9 Å². The summed E-state index contributed by atoms with van der Waals surface area (Å²) in [5.74, 6) is 0. The van der Waals surface area contributed by atoms with Gasteiger partial charge in [0.05, 0.1) is 13.2 Å². The van der Waals surface area contributed by atoms with Crippen LogP contribution >= 0.6 is 6.72 Å². The Kier molecular flexibility index (Phi) is 13.9. The molecule has 5 heteroatoms. The molecule has 1 N–H and O–H groups in total. The van der Waals surface area contributed by atoms with Gasteiger partial charge in [0, 0.05) is 0 Å². The van der Waals surface area contributed by atoms with Crippen LogP contribution in [-0.4, -0.2) is 18.1 Å². The third kappa shape index (κ3) is 14.7. The van der Waals surface area contributed by atoms with Crippen molar-refractivity contribution in [3.63, 3.8) is 0 Å². The van der Waals surface area contributed by atoms with E-state index >= 15 is 0 Å². The van der Waals surface area contributed by atoms with Crippen LogP contribution < -0.4 is 0 Å². The Bertz CT molecular complexity index is 217. The van der Waals surface area contributed by atoms with Gasteiger partial charge < -0.3 is 13.9 Å². The van der Waals surface area contributed by atoms with Gasteiger partial charge in [0.15, 0.2) is 0 Å². The zero-order valence-corrected chi connectivity index (χ0v) is 14.3. The molecule has 0 unspecified atom stereocenters. The Hall–Kier alpha value is 0.530.